The first-order valence-corrected chi connectivity index (χ1v) is 11.8. The number of nitriles is 1. The summed E-state index contributed by atoms with van der Waals surface area (Å²) < 4.78 is 12.7. The predicted molar refractivity (Wildman–Crippen MR) is 142 cm³/mol. The fourth-order valence-electron chi connectivity index (χ4n) is 3.58. The first-order valence-electron chi connectivity index (χ1n) is 11.4. The number of nitrogens with one attached hydrogen (secondary N) is 1. The lowest BCUT2D eigenvalue weighted by atomic mass is 10.1. The molecule has 0 radical (unpaired) electrons. The van der Waals surface area contributed by atoms with E-state index in [0.717, 1.165) is 11.1 Å². The Morgan fingerprint density at radius 2 is 1.86 bits per heavy atom. The van der Waals surface area contributed by atoms with Crippen LogP contribution in [0.2, 0.25) is 5.02 Å². The number of ether oxygens (including phenoxy) is 2. The predicted octanol–water partition coefficient (Wildman–Crippen LogP) is 5.70. The Bertz CT molecular complexity index is 1620. The Hall–Kier alpha value is -4.61. The van der Waals surface area contributed by atoms with Gasteiger partial charge in [-0.15, -0.1) is 0 Å². The molecule has 2 heterocycles. The van der Waals surface area contributed by atoms with Crippen LogP contribution in [0.4, 0.5) is 5.69 Å². The molecule has 0 saturated carbocycles. The molecule has 0 atom stereocenters. The first kappa shape index (κ1) is 25.5. The highest BCUT2D eigenvalue weighted by Crippen LogP contribution is 2.28. The number of benzene rings is 2. The van der Waals surface area contributed by atoms with Gasteiger partial charge in [-0.2, -0.15) is 10.2 Å². The third kappa shape index (κ3) is 5.63. The molecule has 0 aliphatic rings. The van der Waals surface area contributed by atoms with Crippen LogP contribution >= 0.6 is 11.6 Å². The number of pyridine rings is 1. The summed E-state index contributed by atoms with van der Waals surface area (Å²) in [6, 6.07) is 17.2. The molecule has 37 heavy (non-hydrogen) atoms. The fraction of sp³-hybridized carbons (Fsp3) is 0.143. The summed E-state index contributed by atoms with van der Waals surface area (Å²) in [6.07, 6.45) is 2.75. The van der Waals surface area contributed by atoms with Crippen molar-refractivity contribution < 1.29 is 14.3 Å². The monoisotopic (exact) mass is 514 g/mol. The molecule has 0 aliphatic carbocycles. The fourth-order valence-corrected chi connectivity index (χ4v) is 3.70. The van der Waals surface area contributed by atoms with Crippen molar-refractivity contribution in [3.05, 3.63) is 98.4 Å². The minimum atomic E-state index is -0.686. The van der Waals surface area contributed by atoms with Gasteiger partial charge in [-0.05, 0) is 86.5 Å². The van der Waals surface area contributed by atoms with E-state index in [2.05, 4.69) is 10.3 Å². The highest BCUT2D eigenvalue weighted by atomic mass is 35.5. The van der Waals surface area contributed by atoms with Crippen LogP contribution in [-0.2, 0) is 4.79 Å². The van der Waals surface area contributed by atoms with Crippen molar-refractivity contribution in [1.29, 1.82) is 5.26 Å². The molecule has 2 aromatic carbocycles. The molecule has 0 unspecified atom stereocenters. The highest BCUT2D eigenvalue weighted by molar-refractivity contribution is 6.31. The van der Waals surface area contributed by atoms with E-state index in [9.17, 15) is 14.9 Å². The lowest BCUT2D eigenvalue weighted by molar-refractivity contribution is -0.112. The summed E-state index contributed by atoms with van der Waals surface area (Å²) in [4.78, 5) is 30.9. The summed E-state index contributed by atoms with van der Waals surface area (Å²) in [5, 5.41) is 13.0. The van der Waals surface area contributed by atoms with Crippen LogP contribution in [0, 0.1) is 25.2 Å². The maximum atomic E-state index is 13.5. The van der Waals surface area contributed by atoms with Crippen LogP contribution in [0.5, 0.6) is 17.4 Å². The van der Waals surface area contributed by atoms with Crippen molar-refractivity contribution in [2.75, 3.05) is 11.9 Å². The van der Waals surface area contributed by atoms with Crippen LogP contribution < -0.4 is 20.3 Å². The van der Waals surface area contributed by atoms with E-state index in [1.54, 1.807) is 54.7 Å². The number of halogens is 1. The van der Waals surface area contributed by atoms with Gasteiger partial charge in [-0.3, -0.25) is 14.0 Å². The van der Waals surface area contributed by atoms with Crippen LogP contribution in [-0.4, -0.2) is 21.9 Å². The van der Waals surface area contributed by atoms with E-state index in [-0.39, 0.29) is 17.0 Å². The molecule has 0 fully saturated rings. The Balaban J connectivity index is 1.77. The van der Waals surface area contributed by atoms with Crippen molar-refractivity contribution in [3.8, 4) is 23.4 Å². The highest BCUT2D eigenvalue weighted by Gasteiger charge is 2.18. The molecular formula is C28H23ClN4O4. The molecule has 9 heteroatoms. The zero-order valence-corrected chi connectivity index (χ0v) is 21.2. The first-order chi connectivity index (χ1) is 17.8. The number of anilines is 1. The van der Waals surface area contributed by atoms with Gasteiger partial charge in [0.15, 0.2) is 0 Å². The van der Waals surface area contributed by atoms with Gasteiger partial charge in [-0.25, -0.2) is 0 Å². The molecule has 0 aliphatic heterocycles. The van der Waals surface area contributed by atoms with Crippen LogP contribution in [0.1, 0.15) is 23.6 Å². The summed E-state index contributed by atoms with van der Waals surface area (Å²) in [5.74, 6) is 0.330. The normalized spacial score (nSPS) is 11.2. The Morgan fingerprint density at radius 1 is 1.14 bits per heavy atom. The number of carbonyl (C=O) groups excluding carboxylic acids is 1. The van der Waals surface area contributed by atoms with E-state index in [1.165, 1.54) is 10.5 Å². The van der Waals surface area contributed by atoms with Gasteiger partial charge in [-0.1, -0.05) is 17.7 Å². The molecule has 1 N–H and O–H groups in total. The van der Waals surface area contributed by atoms with E-state index in [0.29, 0.717) is 34.5 Å². The standard InChI is InChI=1S/C28H23ClN4O4/c1-4-36-21-9-7-20(8-10-21)31-26(34)19(16-30)15-23-27(37-22-11-12-24(29)18(3)14-22)32-25-17(2)6-5-13-33(25)28(23)35/h5-15H,4H2,1-3H3,(H,31,34). The number of aromatic nitrogens is 2. The topological polar surface area (TPSA) is 106 Å². The summed E-state index contributed by atoms with van der Waals surface area (Å²) in [7, 11) is 0. The van der Waals surface area contributed by atoms with Gasteiger partial charge >= 0.3 is 0 Å². The Labute approximate surface area is 218 Å². The van der Waals surface area contributed by atoms with Crippen LogP contribution in [0.25, 0.3) is 11.7 Å². The van der Waals surface area contributed by atoms with Crippen molar-refractivity contribution >= 4 is 34.9 Å². The molecule has 4 rings (SSSR count). The molecule has 0 bridgehead atoms. The van der Waals surface area contributed by atoms with Gasteiger partial charge in [0.1, 0.15) is 34.4 Å². The zero-order chi connectivity index (χ0) is 26.5. The molecule has 8 nitrogen and oxygen atoms in total. The average Bonchev–Trinajstić information content (AvgIpc) is 2.88. The minimum Gasteiger partial charge on any atom is -0.494 e. The van der Waals surface area contributed by atoms with E-state index in [1.807, 2.05) is 32.9 Å². The number of aryl methyl sites for hydroxylation is 2. The molecule has 0 spiro atoms. The maximum Gasteiger partial charge on any atom is 0.269 e. The molecule has 0 saturated heterocycles. The molecule has 1 amide bonds. The number of amides is 1. The molecule has 2 aromatic heterocycles. The Morgan fingerprint density at radius 3 is 2.54 bits per heavy atom. The zero-order valence-electron chi connectivity index (χ0n) is 20.4. The van der Waals surface area contributed by atoms with Gasteiger partial charge in [0.2, 0.25) is 5.88 Å². The molecule has 4 aromatic rings. The average molecular weight is 515 g/mol. The maximum absolute atomic E-state index is 13.5. The summed E-state index contributed by atoms with van der Waals surface area (Å²) in [5.41, 5.74) is 1.55. The smallest absolute Gasteiger partial charge is 0.269 e. The third-order valence-corrected chi connectivity index (χ3v) is 5.89. The van der Waals surface area contributed by atoms with Crippen LogP contribution in [0.15, 0.2) is 71.2 Å². The van der Waals surface area contributed by atoms with E-state index in [4.69, 9.17) is 21.1 Å². The van der Waals surface area contributed by atoms with Gasteiger partial charge in [0.05, 0.1) is 6.61 Å². The van der Waals surface area contributed by atoms with Crippen molar-refractivity contribution in [3.63, 3.8) is 0 Å². The van der Waals surface area contributed by atoms with Gasteiger partial charge < -0.3 is 14.8 Å². The third-order valence-electron chi connectivity index (χ3n) is 5.47. The number of nitrogens with zero attached hydrogens (tertiary/aromatic N) is 3. The second-order valence-electron chi connectivity index (χ2n) is 8.11. The van der Waals surface area contributed by atoms with Gasteiger partial charge in [0.25, 0.3) is 11.5 Å². The lowest BCUT2D eigenvalue weighted by Crippen LogP contribution is -2.20. The van der Waals surface area contributed by atoms with E-state index >= 15 is 0 Å². The molecular weight excluding hydrogens is 492 g/mol. The van der Waals surface area contributed by atoms with Crippen molar-refractivity contribution in [2.45, 2.75) is 20.8 Å². The number of hydrogen-bond donors (Lipinski definition) is 1. The van der Waals surface area contributed by atoms with Gasteiger partial charge in [0, 0.05) is 16.9 Å². The quantitative estimate of drug-likeness (QED) is 0.250. The van der Waals surface area contributed by atoms with Crippen molar-refractivity contribution in [1.82, 2.24) is 9.38 Å². The Kier molecular flexibility index (Phi) is 7.56. The number of carbonyl (C=O) groups is 1. The second kappa shape index (κ2) is 11.0. The summed E-state index contributed by atoms with van der Waals surface area (Å²) >= 11 is 6.13. The second-order valence-corrected chi connectivity index (χ2v) is 8.52. The number of hydrogen-bond acceptors (Lipinski definition) is 6. The summed E-state index contributed by atoms with van der Waals surface area (Å²) in [6.45, 7) is 6.03. The largest absolute Gasteiger partial charge is 0.494 e. The van der Waals surface area contributed by atoms with Crippen LogP contribution in [0.3, 0.4) is 0 Å². The van der Waals surface area contributed by atoms with Crippen molar-refractivity contribution in [2.24, 2.45) is 0 Å². The number of fused-ring (bicyclic) bond motifs is 1. The lowest BCUT2D eigenvalue weighted by Gasteiger charge is -2.12. The minimum absolute atomic E-state index is 0.0392. The van der Waals surface area contributed by atoms with E-state index < -0.39 is 11.5 Å². The number of rotatable bonds is 7. The SMILES string of the molecule is CCOc1ccc(NC(=O)C(C#N)=Cc2c(Oc3ccc(Cl)c(C)c3)nc3c(C)cccn3c2=O)cc1. The molecule has 186 valence electrons.